The summed E-state index contributed by atoms with van der Waals surface area (Å²) in [5.41, 5.74) is 1.82. The summed E-state index contributed by atoms with van der Waals surface area (Å²) >= 11 is 0. The van der Waals surface area contributed by atoms with Crippen LogP contribution in [0.5, 0.6) is 0 Å². The van der Waals surface area contributed by atoms with Crippen molar-refractivity contribution in [3.8, 4) is 0 Å². The highest BCUT2D eigenvalue weighted by molar-refractivity contribution is 5.90. The minimum Gasteiger partial charge on any atom is -0.465 e. The summed E-state index contributed by atoms with van der Waals surface area (Å²) in [6.45, 7) is 0. The SMILES string of the molecule is COC(=O)c1cc2c(cc1F)C=CC2. The lowest BCUT2D eigenvalue weighted by atomic mass is 10.1. The molecule has 0 amide bonds. The number of fused-ring (bicyclic) bond motifs is 1. The quantitative estimate of drug-likeness (QED) is 0.637. The van der Waals surface area contributed by atoms with Gasteiger partial charge in [0.2, 0.25) is 0 Å². The van der Waals surface area contributed by atoms with Crippen LogP contribution in [-0.4, -0.2) is 13.1 Å². The van der Waals surface area contributed by atoms with E-state index in [9.17, 15) is 9.18 Å². The molecule has 0 unspecified atom stereocenters. The molecule has 1 aliphatic carbocycles. The van der Waals surface area contributed by atoms with Gasteiger partial charge in [0.25, 0.3) is 0 Å². The van der Waals surface area contributed by atoms with Gasteiger partial charge in [0.1, 0.15) is 5.82 Å². The third-order valence-corrected chi connectivity index (χ3v) is 2.27. The van der Waals surface area contributed by atoms with Gasteiger partial charge >= 0.3 is 5.97 Å². The molecule has 2 rings (SSSR count). The number of hydrogen-bond donors (Lipinski definition) is 0. The highest BCUT2D eigenvalue weighted by atomic mass is 19.1. The lowest BCUT2D eigenvalue weighted by molar-refractivity contribution is 0.0595. The molecule has 1 aromatic carbocycles. The first-order valence-electron chi connectivity index (χ1n) is 4.29. The minimum atomic E-state index is -0.628. The average molecular weight is 192 g/mol. The number of benzene rings is 1. The fraction of sp³-hybridized carbons (Fsp3) is 0.182. The molecular formula is C11H9FO2. The van der Waals surface area contributed by atoms with Gasteiger partial charge in [-0.25, -0.2) is 9.18 Å². The van der Waals surface area contributed by atoms with Gasteiger partial charge in [-0.1, -0.05) is 12.2 Å². The molecule has 0 bridgehead atoms. The number of hydrogen-bond acceptors (Lipinski definition) is 2. The molecule has 0 N–H and O–H groups in total. The maximum atomic E-state index is 13.3. The fourth-order valence-corrected chi connectivity index (χ4v) is 1.54. The summed E-state index contributed by atoms with van der Waals surface area (Å²) in [6, 6.07) is 2.92. The number of allylic oxidation sites excluding steroid dienone is 1. The zero-order valence-electron chi connectivity index (χ0n) is 7.71. The second-order valence-corrected chi connectivity index (χ2v) is 3.13. The molecule has 0 aromatic heterocycles. The molecule has 0 atom stereocenters. The Labute approximate surface area is 81.0 Å². The Balaban J connectivity index is 2.50. The van der Waals surface area contributed by atoms with Crippen molar-refractivity contribution in [1.82, 2.24) is 0 Å². The van der Waals surface area contributed by atoms with Gasteiger partial charge in [-0.3, -0.25) is 0 Å². The highest BCUT2D eigenvalue weighted by Crippen LogP contribution is 2.23. The number of carbonyl (C=O) groups excluding carboxylic acids is 1. The van der Waals surface area contributed by atoms with E-state index in [1.807, 2.05) is 12.2 Å². The standard InChI is InChI=1S/C11H9FO2/c1-14-11(13)9-5-7-3-2-4-8(7)6-10(9)12/h2,4-6H,3H2,1H3. The molecule has 72 valence electrons. The van der Waals surface area contributed by atoms with Crippen LogP contribution in [0.4, 0.5) is 4.39 Å². The summed E-state index contributed by atoms with van der Waals surface area (Å²) in [5, 5.41) is 0. The Kier molecular flexibility index (Phi) is 2.08. The third kappa shape index (κ3) is 1.31. The summed E-state index contributed by atoms with van der Waals surface area (Å²) in [7, 11) is 1.24. The molecule has 0 aliphatic heterocycles. The van der Waals surface area contributed by atoms with Crippen molar-refractivity contribution in [2.45, 2.75) is 6.42 Å². The van der Waals surface area contributed by atoms with Crippen LogP contribution in [-0.2, 0) is 11.2 Å². The smallest absolute Gasteiger partial charge is 0.340 e. The van der Waals surface area contributed by atoms with Gasteiger partial charge in [0, 0.05) is 0 Å². The highest BCUT2D eigenvalue weighted by Gasteiger charge is 2.16. The first-order chi connectivity index (χ1) is 6.72. The van der Waals surface area contributed by atoms with E-state index in [1.54, 1.807) is 6.07 Å². The molecule has 2 nitrogen and oxygen atoms in total. The number of halogens is 1. The van der Waals surface area contributed by atoms with Gasteiger partial charge in [-0.05, 0) is 29.7 Å². The molecule has 0 saturated heterocycles. The lowest BCUT2D eigenvalue weighted by Gasteiger charge is -2.04. The topological polar surface area (TPSA) is 26.3 Å². The van der Waals surface area contributed by atoms with Crippen molar-refractivity contribution in [3.63, 3.8) is 0 Å². The van der Waals surface area contributed by atoms with Gasteiger partial charge in [0.15, 0.2) is 0 Å². The monoisotopic (exact) mass is 192 g/mol. The minimum absolute atomic E-state index is 0.00921. The Morgan fingerprint density at radius 2 is 2.29 bits per heavy atom. The van der Waals surface area contributed by atoms with Crippen molar-refractivity contribution < 1.29 is 13.9 Å². The first kappa shape index (κ1) is 8.94. The lowest BCUT2D eigenvalue weighted by Crippen LogP contribution is -2.05. The van der Waals surface area contributed by atoms with Crippen LogP contribution >= 0.6 is 0 Å². The maximum Gasteiger partial charge on any atom is 0.340 e. The second kappa shape index (κ2) is 3.25. The van der Waals surface area contributed by atoms with Gasteiger partial charge in [-0.15, -0.1) is 0 Å². The zero-order valence-corrected chi connectivity index (χ0v) is 7.71. The van der Waals surface area contributed by atoms with Crippen LogP contribution in [0.25, 0.3) is 6.08 Å². The van der Waals surface area contributed by atoms with E-state index in [2.05, 4.69) is 4.74 Å². The largest absolute Gasteiger partial charge is 0.465 e. The maximum absolute atomic E-state index is 13.3. The van der Waals surface area contributed by atoms with Gasteiger partial charge in [-0.2, -0.15) is 0 Å². The fourth-order valence-electron chi connectivity index (χ4n) is 1.54. The van der Waals surface area contributed by atoms with E-state index in [0.717, 1.165) is 17.5 Å². The summed E-state index contributed by atoms with van der Waals surface area (Å²) < 4.78 is 17.8. The Morgan fingerprint density at radius 1 is 1.50 bits per heavy atom. The molecule has 0 fully saturated rings. The van der Waals surface area contributed by atoms with Crippen LogP contribution in [0, 0.1) is 5.82 Å². The number of esters is 1. The van der Waals surface area contributed by atoms with E-state index < -0.39 is 11.8 Å². The summed E-state index contributed by atoms with van der Waals surface area (Å²) in [4.78, 5) is 11.2. The molecule has 0 saturated carbocycles. The summed E-state index contributed by atoms with van der Waals surface area (Å²) in [5.74, 6) is -1.15. The normalized spacial score (nSPS) is 12.7. The van der Waals surface area contributed by atoms with E-state index in [1.165, 1.54) is 13.2 Å². The van der Waals surface area contributed by atoms with E-state index in [0.29, 0.717) is 0 Å². The van der Waals surface area contributed by atoms with Crippen LogP contribution in [0.15, 0.2) is 18.2 Å². The molecule has 0 heterocycles. The van der Waals surface area contributed by atoms with Crippen molar-refractivity contribution in [3.05, 3.63) is 40.7 Å². The Bertz CT molecular complexity index is 422. The van der Waals surface area contributed by atoms with Crippen molar-refractivity contribution in [2.75, 3.05) is 7.11 Å². The second-order valence-electron chi connectivity index (χ2n) is 3.13. The summed E-state index contributed by atoms with van der Waals surface area (Å²) in [6.07, 6.45) is 4.53. The van der Waals surface area contributed by atoms with E-state index >= 15 is 0 Å². The number of ether oxygens (including phenoxy) is 1. The molecular weight excluding hydrogens is 183 g/mol. The predicted molar refractivity (Wildman–Crippen MR) is 50.5 cm³/mol. The third-order valence-electron chi connectivity index (χ3n) is 2.27. The molecule has 0 radical (unpaired) electrons. The number of rotatable bonds is 1. The molecule has 1 aromatic rings. The van der Waals surface area contributed by atoms with Crippen LogP contribution < -0.4 is 0 Å². The number of carbonyl (C=O) groups is 1. The van der Waals surface area contributed by atoms with Crippen molar-refractivity contribution in [1.29, 1.82) is 0 Å². The van der Waals surface area contributed by atoms with Crippen LogP contribution in [0.3, 0.4) is 0 Å². The average Bonchev–Trinajstić information content (AvgIpc) is 2.62. The Hall–Kier alpha value is -1.64. The van der Waals surface area contributed by atoms with Crippen molar-refractivity contribution >= 4 is 12.0 Å². The van der Waals surface area contributed by atoms with Crippen LogP contribution in [0.1, 0.15) is 21.5 Å². The number of methoxy groups -OCH3 is 1. The van der Waals surface area contributed by atoms with Crippen molar-refractivity contribution in [2.24, 2.45) is 0 Å². The molecule has 3 heteroatoms. The first-order valence-corrected chi connectivity index (χ1v) is 4.29. The zero-order chi connectivity index (χ0) is 10.1. The predicted octanol–water partition coefficient (Wildman–Crippen LogP) is 2.18. The molecule has 0 spiro atoms. The van der Waals surface area contributed by atoms with Gasteiger partial charge in [0.05, 0.1) is 12.7 Å². The van der Waals surface area contributed by atoms with E-state index in [4.69, 9.17) is 0 Å². The van der Waals surface area contributed by atoms with E-state index in [-0.39, 0.29) is 5.56 Å². The van der Waals surface area contributed by atoms with Crippen LogP contribution in [0.2, 0.25) is 0 Å². The Morgan fingerprint density at radius 3 is 3.00 bits per heavy atom. The molecule has 14 heavy (non-hydrogen) atoms. The molecule has 1 aliphatic rings. The van der Waals surface area contributed by atoms with Gasteiger partial charge < -0.3 is 4.74 Å².